The molecule has 1 N–H and O–H groups in total. The molecule has 0 bridgehead atoms. The number of nitriles is 1. The molecule has 40 heavy (non-hydrogen) atoms. The first kappa shape index (κ1) is 26.5. The zero-order chi connectivity index (χ0) is 27.6. The number of carbonyl (C=O) groups is 1. The van der Waals surface area contributed by atoms with Crippen LogP contribution < -0.4 is 4.74 Å². The Morgan fingerprint density at radius 2 is 2.15 bits per heavy atom. The van der Waals surface area contributed by atoms with Crippen molar-refractivity contribution in [2.45, 2.75) is 38.6 Å². The molecule has 11 heteroatoms. The molecule has 1 atom stereocenters. The number of aromatic nitrogens is 3. The quantitative estimate of drug-likeness (QED) is 0.283. The van der Waals surface area contributed by atoms with Crippen molar-refractivity contribution in [3.8, 4) is 11.9 Å². The Kier molecular flexibility index (Phi) is 7.54. The number of carboxylic acids is 1. The molecule has 2 aliphatic heterocycles. The second-order valence-electron chi connectivity index (χ2n) is 9.79. The van der Waals surface area contributed by atoms with Crippen molar-refractivity contribution in [2.75, 3.05) is 19.7 Å². The summed E-state index contributed by atoms with van der Waals surface area (Å²) in [5.41, 5.74) is 3.91. The maximum absolute atomic E-state index is 11.6. The first-order valence-electron chi connectivity index (χ1n) is 13.0. The number of carboxylic acid groups (broad SMARTS) is 1. The number of imidazole rings is 1. The molecule has 2 aliphatic rings. The Hall–Kier alpha value is -3.75. The van der Waals surface area contributed by atoms with E-state index in [1.54, 1.807) is 24.3 Å². The van der Waals surface area contributed by atoms with Crippen LogP contribution in [0.15, 0.2) is 48.5 Å². The van der Waals surface area contributed by atoms with Crippen LogP contribution in [0.25, 0.3) is 16.6 Å². The number of nitrogens with zero attached hydrogens (tertiary/aromatic N) is 5. The van der Waals surface area contributed by atoms with Crippen LogP contribution in [0.4, 0.5) is 0 Å². The van der Waals surface area contributed by atoms with Gasteiger partial charge in [-0.1, -0.05) is 23.7 Å². The minimum absolute atomic E-state index is 0.127. The smallest absolute Gasteiger partial charge is 0.335 e. The van der Waals surface area contributed by atoms with Crippen LogP contribution in [-0.2, 0) is 24.4 Å². The molecule has 1 fully saturated rings. The molecule has 4 aromatic rings. The van der Waals surface area contributed by atoms with Crippen molar-refractivity contribution < 1.29 is 19.4 Å². The molecule has 0 amide bonds. The van der Waals surface area contributed by atoms with Crippen molar-refractivity contribution in [3.63, 3.8) is 0 Å². The molecular weight excluding hydrogens is 550 g/mol. The molecule has 0 aliphatic carbocycles. The summed E-state index contributed by atoms with van der Waals surface area (Å²) in [4.78, 5) is 24.8. The monoisotopic (exact) mass is 575 g/mol. The fourth-order valence-corrected chi connectivity index (χ4v) is 6.03. The van der Waals surface area contributed by atoms with Crippen molar-refractivity contribution in [2.24, 2.45) is 0 Å². The van der Waals surface area contributed by atoms with Crippen LogP contribution in [0.2, 0.25) is 5.02 Å². The highest BCUT2D eigenvalue weighted by atomic mass is 35.5. The van der Waals surface area contributed by atoms with E-state index in [0.29, 0.717) is 28.9 Å². The SMILES string of the molecule is N#Cc1cc(Cl)c(COc2cccc(C3=CCN(Cc4nc5ccc(C(=O)O)cc5n4C[C@@H]4CCO4)CC3)n2)s1. The van der Waals surface area contributed by atoms with E-state index in [1.165, 1.54) is 11.3 Å². The molecule has 5 heterocycles. The number of halogens is 1. The lowest BCUT2D eigenvalue weighted by atomic mass is 10.0. The number of aromatic carboxylic acids is 1. The van der Waals surface area contributed by atoms with Gasteiger partial charge in [0.2, 0.25) is 5.88 Å². The fraction of sp³-hybridized carbons (Fsp3) is 0.310. The summed E-state index contributed by atoms with van der Waals surface area (Å²) >= 11 is 7.53. The molecule has 0 saturated carbocycles. The maximum Gasteiger partial charge on any atom is 0.335 e. The molecule has 0 spiro atoms. The number of thiophene rings is 1. The number of rotatable bonds is 9. The van der Waals surface area contributed by atoms with Crippen LogP contribution in [-0.4, -0.2) is 56.3 Å². The largest absolute Gasteiger partial charge is 0.478 e. The van der Waals surface area contributed by atoms with E-state index >= 15 is 0 Å². The van der Waals surface area contributed by atoms with E-state index in [0.717, 1.165) is 65.5 Å². The van der Waals surface area contributed by atoms with Gasteiger partial charge in [-0.15, -0.1) is 11.3 Å². The van der Waals surface area contributed by atoms with Gasteiger partial charge in [-0.05, 0) is 48.7 Å². The zero-order valence-corrected chi connectivity index (χ0v) is 23.1. The molecule has 6 rings (SSSR count). The Bertz CT molecular complexity index is 1650. The van der Waals surface area contributed by atoms with E-state index in [9.17, 15) is 9.90 Å². The van der Waals surface area contributed by atoms with Crippen LogP contribution in [0.1, 0.15) is 44.5 Å². The number of ether oxygens (including phenoxy) is 2. The summed E-state index contributed by atoms with van der Waals surface area (Å²) in [7, 11) is 0. The third kappa shape index (κ3) is 5.60. The van der Waals surface area contributed by atoms with Gasteiger partial charge in [0.05, 0.1) is 51.4 Å². The molecule has 0 radical (unpaired) electrons. The van der Waals surface area contributed by atoms with E-state index in [2.05, 4.69) is 21.6 Å². The molecule has 1 saturated heterocycles. The van der Waals surface area contributed by atoms with Crippen molar-refractivity contribution >= 4 is 45.5 Å². The van der Waals surface area contributed by atoms with Crippen molar-refractivity contribution in [1.29, 1.82) is 5.26 Å². The summed E-state index contributed by atoms with van der Waals surface area (Å²) in [5.74, 6) is 0.470. The lowest BCUT2D eigenvalue weighted by Crippen LogP contribution is -2.33. The van der Waals surface area contributed by atoms with Crippen LogP contribution >= 0.6 is 22.9 Å². The predicted octanol–water partition coefficient (Wildman–Crippen LogP) is 5.37. The first-order valence-corrected chi connectivity index (χ1v) is 14.2. The molecule has 1 aromatic carbocycles. The summed E-state index contributed by atoms with van der Waals surface area (Å²) in [6, 6.07) is 14.6. The molecule has 9 nitrogen and oxygen atoms in total. The summed E-state index contributed by atoms with van der Waals surface area (Å²) < 4.78 is 13.7. The van der Waals surface area contributed by atoms with Gasteiger partial charge >= 0.3 is 5.97 Å². The highest BCUT2D eigenvalue weighted by Gasteiger charge is 2.24. The Morgan fingerprint density at radius 1 is 1.27 bits per heavy atom. The Balaban J connectivity index is 1.15. The first-order chi connectivity index (χ1) is 19.5. The predicted molar refractivity (Wildman–Crippen MR) is 152 cm³/mol. The lowest BCUT2D eigenvalue weighted by molar-refractivity contribution is -0.0591. The topological polar surface area (TPSA) is 114 Å². The second kappa shape index (κ2) is 11.4. The molecular formula is C29H26ClN5O4S. The van der Waals surface area contributed by atoms with Crippen LogP contribution in [0, 0.1) is 11.3 Å². The highest BCUT2D eigenvalue weighted by molar-refractivity contribution is 7.13. The average Bonchev–Trinajstić information content (AvgIpc) is 3.48. The summed E-state index contributed by atoms with van der Waals surface area (Å²) in [6.07, 6.45) is 4.14. The minimum atomic E-state index is -0.948. The normalized spacial score (nSPS) is 17.3. The number of hydrogen-bond donors (Lipinski definition) is 1. The molecule has 0 unspecified atom stereocenters. The number of fused-ring (bicyclic) bond motifs is 1. The Morgan fingerprint density at radius 3 is 2.85 bits per heavy atom. The fourth-order valence-electron chi connectivity index (χ4n) is 4.92. The van der Waals surface area contributed by atoms with Crippen LogP contribution in [0.5, 0.6) is 5.88 Å². The zero-order valence-electron chi connectivity index (χ0n) is 21.5. The third-order valence-corrected chi connectivity index (χ3v) is 8.65. The maximum atomic E-state index is 11.6. The van der Waals surface area contributed by atoms with Crippen LogP contribution in [0.3, 0.4) is 0 Å². The standard InChI is InChI=1S/C29H26ClN5O4S/c30-22-13-21(14-31)40-26(22)17-39-28-3-1-2-23(33-28)18-6-9-34(10-7-18)16-27-32-24-5-4-19(29(36)37)12-25(24)35(27)15-20-8-11-38-20/h1-6,12-13,20H,7-11,15-17H2,(H,36,37)/t20-/m0/s1. The van der Waals surface area contributed by atoms with Gasteiger partial charge in [0, 0.05) is 25.8 Å². The van der Waals surface area contributed by atoms with E-state index < -0.39 is 5.97 Å². The number of benzene rings is 1. The van der Waals surface area contributed by atoms with Gasteiger partial charge in [0.15, 0.2) is 0 Å². The lowest BCUT2D eigenvalue weighted by Gasteiger charge is -2.29. The summed E-state index contributed by atoms with van der Waals surface area (Å²) in [6.45, 7) is 3.91. The summed E-state index contributed by atoms with van der Waals surface area (Å²) in [5, 5.41) is 19.1. The average molecular weight is 576 g/mol. The van der Waals surface area contributed by atoms with E-state index in [-0.39, 0.29) is 18.3 Å². The second-order valence-corrected chi connectivity index (χ2v) is 11.3. The van der Waals surface area contributed by atoms with Gasteiger partial charge in [-0.25, -0.2) is 14.8 Å². The Labute approximate surface area is 239 Å². The molecule has 3 aromatic heterocycles. The van der Waals surface area contributed by atoms with Crippen molar-refractivity contribution in [3.05, 3.63) is 80.4 Å². The van der Waals surface area contributed by atoms with Gasteiger partial charge in [0.25, 0.3) is 0 Å². The highest BCUT2D eigenvalue weighted by Crippen LogP contribution is 2.29. The van der Waals surface area contributed by atoms with E-state index in [4.69, 9.17) is 36.3 Å². The van der Waals surface area contributed by atoms with E-state index in [1.807, 2.05) is 18.2 Å². The van der Waals surface area contributed by atoms with Gasteiger partial charge in [0.1, 0.15) is 23.4 Å². The minimum Gasteiger partial charge on any atom is -0.478 e. The van der Waals surface area contributed by atoms with Crippen molar-refractivity contribution in [1.82, 2.24) is 19.4 Å². The van der Waals surface area contributed by atoms with Gasteiger partial charge in [-0.2, -0.15) is 5.26 Å². The van der Waals surface area contributed by atoms with Gasteiger partial charge in [-0.3, -0.25) is 4.90 Å². The van der Waals surface area contributed by atoms with Gasteiger partial charge < -0.3 is 19.1 Å². The number of hydrogen-bond acceptors (Lipinski definition) is 8. The third-order valence-electron chi connectivity index (χ3n) is 7.18. The number of pyridine rings is 1. The molecule has 204 valence electrons.